The topological polar surface area (TPSA) is 72.4 Å². The summed E-state index contributed by atoms with van der Waals surface area (Å²) in [4.78, 5) is 2.59. The Morgan fingerprint density at radius 3 is 2.50 bits per heavy atom. The van der Waals surface area contributed by atoms with Gasteiger partial charge < -0.3 is 29.4 Å². The number of rotatable bonds is 7. The summed E-state index contributed by atoms with van der Waals surface area (Å²) in [5, 5.41) is 14.4. The van der Waals surface area contributed by atoms with Crippen LogP contribution in [0.1, 0.15) is 106 Å². The van der Waals surface area contributed by atoms with Gasteiger partial charge in [0.05, 0.1) is 30.5 Å². The van der Waals surface area contributed by atoms with Gasteiger partial charge in [-0.25, -0.2) is 0 Å². The van der Waals surface area contributed by atoms with E-state index in [1.807, 2.05) is 20.8 Å². The molecule has 8 rings (SSSR count). The standard InChI is InChI=1S/C37H62N2O5/c1-7-41-32(34(4,5)40)27-10-8-25-28(43-27)18-26-24-9-11-29-33(2,3)30(44-31-21-39(16-17-42-31)23-19-38-20-23)12-13-37(29)22-36(24,37)15-14-35(25,26)6/h23-32,38,40H,7-22H2,1-6H3. The van der Waals surface area contributed by atoms with E-state index in [1.165, 1.54) is 57.8 Å². The van der Waals surface area contributed by atoms with E-state index in [4.69, 9.17) is 18.9 Å². The van der Waals surface area contributed by atoms with Crippen LogP contribution in [0, 0.1) is 45.3 Å². The number of morpholine rings is 1. The predicted molar refractivity (Wildman–Crippen MR) is 170 cm³/mol. The fourth-order valence-corrected chi connectivity index (χ4v) is 13.4. The average molecular weight is 615 g/mol. The lowest BCUT2D eigenvalue weighted by Crippen LogP contribution is -2.62. The van der Waals surface area contributed by atoms with Crippen molar-refractivity contribution >= 4 is 0 Å². The van der Waals surface area contributed by atoms with Gasteiger partial charge in [0.2, 0.25) is 0 Å². The summed E-state index contributed by atoms with van der Waals surface area (Å²) in [5.74, 6) is 3.04. The van der Waals surface area contributed by atoms with Crippen molar-refractivity contribution < 1.29 is 24.1 Å². The quantitative estimate of drug-likeness (QED) is 0.399. The molecule has 0 radical (unpaired) electrons. The van der Waals surface area contributed by atoms with Gasteiger partial charge in [0.1, 0.15) is 6.10 Å². The van der Waals surface area contributed by atoms with Gasteiger partial charge in [0, 0.05) is 38.8 Å². The first-order valence-corrected chi connectivity index (χ1v) is 18.6. The zero-order valence-electron chi connectivity index (χ0n) is 28.6. The fraction of sp³-hybridized carbons (Fsp3) is 1.00. The lowest BCUT2D eigenvalue weighted by Gasteiger charge is -2.60. The van der Waals surface area contributed by atoms with Crippen LogP contribution in [0.25, 0.3) is 0 Å². The number of hydrogen-bond donors (Lipinski definition) is 2. The Kier molecular flexibility index (Phi) is 7.48. The van der Waals surface area contributed by atoms with Crippen LogP contribution >= 0.6 is 0 Å². The van der Waals surface area contributed by atoms with Crippen LogP contribution in [-0.4, -0.2) is 91.7 Å². The van der Waals surface area contributed by atoms with E-state index >= 15 is 0 Å². The van der Waals surface area contributed by atoms with Gasteiger partial charge >= 0.3 is 0 Å². The highest BCUT2D eigenvalue weighted by atomic mass is 16.7. The molecule has 250 valence electrons. The molecule has 2 N–H and O–H groups in total. The predicted octanol–water partition coefficient (Wildman–Crippen LogP) is 5.38. The third-order valence-electron chi connectivity index (χ3n) is 15.6. The summed E-state index contributed by atoms with van der Waals surface area (Å²) >= 11 is 0. The molecule has 0 bridgehead atoms. The fourth-order valence-electron chi connectivity index (χ4n) is 13.4. The third-order valence-corrected chi connectivity index (χ3v) is 15.6. The molecule has 12 unspecified atom stereocenters. The average Bonchev–Trinajstić information content (AvgIpc) is 3.52. The van der Waals surface area contributed by atoms with Gasteiger partial charge in [-0.05, 0) is 130 Å². The lowest BCUT2D eigenvalue weighted by molar-refractivity contribution is -0.248. The number of nitrogens with one attached hydrogen (secondary N) is 1. The normalized spacial score (nSPS) is 50.8. The Labute approximate surface area is 266 Å². The molecule has 2 spiro atoms. The maximum atomic E-state index is 10.9. The van der Waals surface area contributed by atoms with Crippen molar-refractivity contribution in [3.05, 3.63) is 0 Å². The number of fused-ring (bicyclic) bond motifs is 4. The maximum Gasteiger partial charge on any atom is 0.170 e. The highest BCUT2D eigenvalue weighted by Gasteiger charge is 2.80. The smallest absolute Gasteiger partial charge is 0.170 e. The van der Waals surface area contributed by atoms with Crippen molar-refractivity contribution in [2.75, 3.05) is 39.4 Å². The summed E-state index contributed by atoms with van der Waals surface area (Å²) in [6, 6.07) is 0.662. The lowest BCUT2D eigenvalue weighted by atomic mass is 9.46. The van der Waals surface area contributed by atoms with Crippen LogP contribution in [-0.2, 0) is 18.9 Å². The summed E-state index contributed by atoms with van der Waals surface area (Å²) in [6.45, 7) is 19.1. The van der Waals surface area contributed by atoms with Gasteiger partial charge in [0.25, 0.3) is 0 Å². The Balaban J connectivity index is 0.967. The molecular weight excluding hydrogens is 552 g/mol. The molecule has 3 aliphatic heterocycles. The van der Waals surface area contributed by atoms with Gasteiger partial charge in [-0.1, -0.05) is 20.8 Å². The summed E-state index contributed by atoms with van der Waals surface area (Å²) in [6.07, 6.45) is 13.3. The molecule has 7 heteroatoms. The number of hydrogen-bond acceptors (Lipinski definition) is 7. The van der Waals surface area contributed by atoms with E-state index < -0.39 is 5.60 Å². The second-order valence-electron chi connectivity index (χ2n) is 18.1. The van der Waals surface area contributed by atoms with Crippen molar-refractivity contribution in [1.82, 2.24) is 10.2 Å². The first-order chi connectivity index (χ1) is 20.9. The first-order valence-electron chi connectivity index (χ1n) is 18.6. The van der Waals surface area contributed by atoms with E-state index in [0.717, 1.165) is 57.0 Å². The third kappa shape index (κ3) is 4.45. The van der Waals surface area contributed by atoms with Crippen molar-refractivity contribution in [2.45, 2.75) is 148 Å². The van der Waals surface area contributed by atoms with Crippen LogP contribution in [0.4, 0.5) is 0 Å². The Hall–Kier alpha value is -0.280. The second-order valence-corrected chi connectivity index (χ2v) is 18.1. The van der Waals surface area contributed by atoms with Crippen LogP contribution in [0.5, 0.6) is 0 Å². The molecular formula is C37H62N2O5. The molecule has 5 aliphatic carbocycles. The van der Waals surface area contributed by atoms with Crippen molar-refractivity contribution in [3.63, 3.8) is 0 Å². The largest absolute Gasteiger partial charge is 0.388 e. The van der Waals surface area contributed by atoms with Crippen LogP contribution in [0.3, 0.4) is 0 Å². The maximum absolute atomic E-state index is 10.9. The van der Waals surface area contributed by atoms with Gasteiger partial charge in [-0.3, -0.25) is 4.90 Å². The van der Waals surface area contributed by atoms with E-state index in [0.29, 0.717) is 47.0 Å². The molecule has 8 aliphatic rings. The highest BCUT2D eigenvalue weighted by Crippen LogP contribution is 2.87. The molecule has 5 saturated carbocycles. The zero-order valence-corrected chi connectivity index (χ0v) is 28.6. The summed E-state index contributed by atoms with van der Waals surface area (Å²) in [5.41, 5.74) is 0.759. The zero-order chi connectivity index (χ0) is 30.7. The molecule has 3 heterocycles. The minimum atomic E-state index is -0.891. The highest BCUT2D eigenvalue weighted by molar-refractivity contribution is 5.29. The minimum Gasteiger partial charge on any atom is -0.388 e. The monoisotopic (exact) mass is 614 g/mol. The van der Waals surface area contributed by atoms with E-state index in [-0.39, 0.29) is 23.9 Å². The minimum absolute atomic E-state index is 0.00129. The van der Waals surface area contributed by atoms with E-state index in [2.05, 4.69) is 31.0 Å². The Morgan fingerprint density at radius 2 is 1.77 bits per heavy atom. The molecule has 44 heavy (non-hydrogen) atoms. The Bertz CT molecular complexity index is 1090. The van der Waals surface area contributed by atoms with Crippen molar-refractivity contribution in [2.24, 2.45) is 45.3 Å². The molecule has 0 aromatic carbocycles. The summed E-state index contributed by atoms with van der Waals surface area (Å²) < 4.78 is 26.2. The van der Waals surface area contributed by atoms with E-state index in [9.17, 15) is 5.11 Å². The van der Waals surface area contributed by atoms with Crippen LogP contribution in [0.2, 0.25) is 0 Å². The molecule has 12 atom stereocenters. The van der Waals surface area contributed by atoms with E-state index in [1.54, 1.807) is 0 Å². The molecule has 0 amide bonds. The second kappa shape index (κ2) is 10.6. The molecule has 0 aromatic heterocycles. The number of aliphatic hydroxyl groups is 1. The van der Waals surface area contributed by atoms with Gasteiger partial charge in [0.15, 0.2) is 6.29 Å². The van der Waals surface area contributed by atoms with Crippen LogP contribution < -0.4 is 5.32 Å². The molecule has 0 aromatic rings. The van der Waals surface area contributed by atoms with Crippen molar-refractivity contribution in [3.8, 4) is 0 Å². The van der Waals surface area contributed by atoms with Crippen molar-refractivity contribution in [1.29, 1.82) is 0 Å². The number of ether oxygens (including phenoxy) is 4. The first kappa shape index (κ1) is 31.0. The van der Waals surface area contributed by atoms with Crippen LogP contribution in [0.15, 0.2) is 0 Å². The van der Waals surface area contributed by atoms with Gasteiger partial charge in [-0.15, -0.1) is 0 Å². The van der Waals surface area contributed by atoms with Gasteiger partial charge in [-0.2, -0.15) is 0 Å². The molecule has 8 fully saturated rings. The molecule has 7 nitrogen and oxygen atoms in total. The SMILES string of the molecule is CCOC(C1CCC2C(CC3C4CCC5C(C)(C)C(OC6CN(C7CNC7)CCO6)CCC56CC46CCC23C)O1)C(C)(C)O. The molecule has 3 saturated heterocycles. The Morgan fingerprint density at radius 1 is 0.977 bits per heavy atom. The number of nitrogens with zero attached hydrogens (tertiary/aromatic N) is 1. The summed E-state index contributed by atoms with van der Waals surface area (Å²) in [7, 11) is 0.